The van der Waals surface area contributed by atoms with Gasteiger partial charge in [0, 0.05) is 43.2 Å². The number of halogens is 2. The van der Waals surface area contributed by atoms with Crippen LogP contribution in [0.25, 0.3) is 11.3 Å². The fraction of sp³-hybridized carbons (Fsp3) is 0.286. The first-order valence-corrected chi connectivity index (χ1v) is 11.1. The molecule has 1 aromatic carbocycles. The number of pyridine rings is 1. The molecule has 3 heterocycles. The van der Waals surface area contributed by atoms with E-state index in [2.05, 4.69) is 14.9 Å². The van der Waals surface area contributed by atoms with Crippen LogP contribution in [0.1, 0.15) is 19.3 Å². The summed E-state index contributed by atoms with van der Waals surface area (Å²) in [5, 5.41) is 3.14. The van der Waals surface area contributed by atoms with Gasteiger partial charge in [0.1, 0.15) is 0 Å². The second-order valence-corrected chi connectivity index (χ2v) is 8.50. The van der Waals surface area contributed by atoms with E-state index in [0.717, 1.165) is 54.2 Å². The number of carbonyl (C=O) groups excluding carboxylic acids is 1. The van der Waals surface area contributed by atoms with Gasteiger partial charge in [-0.2, -0.15) is 0 Å². The average Bonchev–Trinajstić information content (AvgIpc) is 3.31. The highest BCUT2D eigenvalue weighted by Gasteiger charge is 2.19. The summed E-state index contributed by atoms with van der Waals surface area (Å²) in [6, 6.07) is 9.45. The number of nitrogens with zero attached hydrogens (tertiary/aromatic N) is 4. The Morgan fingerprint density at radius 2 is 2.07 bits per heavy atom. The van der Waals surface area contributed by atoms with E-state index in [-0.39, 0.29) is 5.91 Å². The van der Waals surface area contributed by atoms with E-state index in [0.29, 0.717) is 16.5 Å². The minimum atomic E-state index is 0.255. The summed E-state index contributed by atoms with van der Waals surface area (Å²) in [5.74, 6) is 0.255. The minimum absolute atomic E-state index is 0.255. The van der Waals surface area contributed by atoms with Crippen LogP contribution in [0, 0.1) is 0 Å². The number of amides is 1. The van der Waals surface area contributed by atoms with Gasteiger partial charge in [0.05, 0.1) is 27.6 Å². The number of rotatable bonds is 6. The number of hydrogen-bond donors (Lipinski definition) is 0. The van der Waals surface area contributed by atoms with Crippen LogP contribution in [0.4, 0.5) is 5.69 Å². The number of thiazole rings is 1. The van der Waals surface area contributed by atoms with Crippen LogP contribution < -0.4 is 4.80 Å². The lowest BCUT2D eigenvalue weighted by Gasteiger charge is -2.16. The van der Waals surface area contributed by atoms with Gasteiger partial charge in [-0.25, -0.2) is 4.99 Å². The van der Waals surface area contributed by atoms with Crippen molar-refractivity contribution in [1.82, 2.24) is 14.5 Å². The van der Waals surface area contributed by atoms with Crippen molar-refractivity contribution in [2.24, 2.45) is 4.99 Å². The van der Waals surface area contributed by atoms with Crippen molar-refractivity contribution in [2.45, 2.75) is 25.8 Å². The third-order valence-electron chi connectivity index (χ3n) is 4.86. The van der Waals surface area contributed by atoms with Crippen LogP contribution in [0.5, 0.6) is 0 Å². The van der Waals surface area contributed by atoms with Crippen molar-refractivity contribution in [3.63, 3.8) is 0 Å². The van der Waals surface area contributed by atoms with Crippen LogP contribution in [-0.2, 0) is 11.3 Å². The highest BCUT2D eigenvalue weighted by Crippen LogP contribution is 2.29. The minimum Gasteiger partial charge on any atom is -0.343 e. The molecule has 1 aliphatic rings. The van der Waals surface area contributed by atoms with Crippen molar-refractivity contribution in [3.05, 3.63) is 63.0 Å². The van der Waals surface area contributed by atoms with E-state index in [9.17, 15) is 4.79 Å². The molecule has 1 saturated heterocycles. The van der Waals surface area contributed by atoms with Crippen molar-refractivity contribution in [1.29, 1.82) is 0 Å². The van der Waals surface area contributed by atoms with Crippen LogP contribution in [0.3, 0.4) is 0 Å². The van der Waals surface area contributed by atoms with Gasteiger partial charge in [-0.1, -0.05) is 29.3 Å². The molecule has 1 aliphatic heterocycles. The first kappa shape index (κ1) is 20.1. The molecule has 4 rings (SSSR count). The average molecular weight is 447 g/mol. The number of benzene rings is 1. The van der Waals surface area contributed by atoms with Gasteiger partial charge in [-0.3, -0.25) is 9.78 Å². The molecule has 2 aromatic heterocycles. The molecular weight excluding hydrogens is 427 g/mol. The number of likely N-dealkylation sites (tertiary alicyclic amines) is 1. The third-order valence-corrected chi connectivity index (χ3v) is 6.47. The van der Waals surface area contributed by atoms with Crippen molar-refractivity contribution in [3.8, 4) is 11.3 Å². The molecule has 8 heteroatoms. The van der Waals surface area contributed by atoms with Gasteiger partial charge in [-0.05, 0) is 37.1 Å². The first-order chi connectivity index (χ1) is 14.1. The SMILES string of the molecule is O=C1CCCN1CCCn1c(-c2ccc(Cl)c(Cl)c2)csc1=Nc1cccnc1. The molecular formula is C21H20Cl2N4OS. The fourth-order valence-corrected chi connectivity index (χ4v) is 4.66. The Kier molecular flexibility index (Phi) is 6.33. The van der Waals surface area contributed by atoms with E-state index < -0.39 is 0 Å². The van der Waals surface area contributed by atoms with Gasteiger partial charge in [-0.15, -0.1) is 11.3 Å². The molecule has 0 aliphatic carbocycles. The Bertz CT molecular complexity index is 1080. The zero-order valence-electron chi connectivity index (χ0n) is 15.7. The summed E-state index contributed by atoms with van der Waals surface area (Å²) >= 11 is 13.9. The van der Waals surface area contributed by atoms with Crippen LogP contribution >= 0.6 is 34.5 Å². The smallest absolute Gasteiger partial charge is 0.222 e. The molecule has 150 valence electrons. The highest BCUT2D eigenvalue weighted by molar-refractivity contribution is 7.07. The van der Waals surface area contributed by atoms with E-state index >= 15 is 0 Å². The van der Waals surface area contributed by atoms with E-state index in [1.165, 1.54) is 0 Å². The zero-order chi connectivity index (χ0) is 20.2. The normalized spacial score (nSPS) is 14.8. The Morgan fingerprint density at radius 3 is 2.79 bits per heavy atom. The molecule has 0 saturated carbocycles. The summed E-state index contributed by atoms with van der Waals surface area (Å²) in [6.07, 6.45) is 5.96. The predicted molar refractivity (Wildman–Crippen MR) is 118 cm³/mol. The summed E-state index contributed by atoms with van der Waals surface area (Å²) in [6.45, 7) is 2.37. The third kappa shape index (κ3) is 4.71. The standard InChI is InChI=1S/C21H20Cl2N4OS/c22-17-7-6-15(12-18(17)23)19-14-29-21(25-16-4-1-8-24-13-16)27(19)11-3-10-26-9-2-5-20(26)28/h1,4,6-8,12-14H,2-3,5,9-11H2. The Balaban J connectivity index is 1.66. The van der Waals surface area contributed by atoms with E-state index in [1.54, 1.807) is 23.7 Å². The molecule has 0 radical (unpaired) electrons. The molecule has 3 aromatic rings. The summed E-state index contributed by atoms with van der Waals surface area (Å²) in [5.41, 5.74) is 2.82. The molecule has 5 nitrogen and oxygen atoms in total. The molecule has 1 fully saturated rings. The summed E-state index contributed by atoms with van der Waals surface area (Å²) < 4.78 is 2.18. The van der Waals surface area contributed by atoms with Crippen molar-refractivity contribution in [2.75, 3.05) is 13.1 Å². The second kappa shape index (κ2) is 9.11. The highest BCUT2D eigenvalue weighted by atomic mass is 35.5. The van der Waals surface area contributed by atoms with Crippen LogP contribution in [-0.4, -0.2) is 33.4 Å². The monoisotopic (exact) mass is 446 g/mol. The molecule has 0 bridgehead atoms. The van der Waals surface area contributed by atoms with Gasteiger partial charge < -0.3 is 9.47 Å². The molecule has 0 atom stereocenters. The molecule has 1 amide bonds. The topological polar surface area (TPSA) is 50.5 Å². The van der Waals surface area contributed by atoms with Crippen LogP contribution in [0.15, 0.2) is 53.1 Å². The number of carbonyl (C=O) groups is 1. The van der Waals surface area contributed by atoms with Crippen molar-refractivity contribution < 1.29 is 4.79 Å². The second-order valence-electron chi connectivity index (χ2n) is 6.84. The Morgan fingerprint density at radius 1 is 1.17 bits per heavy atom. The summed E-state index contributed by atoms with van der Waals surface area (Å²) in [4.78, 5) is 23.6. The predicted octanol–water partition coefficient (Wildman–Crippen LogP) is 5.16. The van der Waals surface area contributed by atoms with Gasteiger partial charge in [0.25, 0.3) is 0 Å². The van der Waals surface area contributed by atoms with Gasteiger partial charge >= 0.3 is 0 Å². The molecule has 0 unspecified atom stereocenters. The molecule has 0 N–H and O–H groups in total. The molecule has 0 spiro atoms. The Labute approximate surface area is 183 Å². The largest absolute Gasteiger partial charge is 0.343 e. The Hall–Kier alpha value is -2.15. The fourth-order valence-electron chi connectivity index (χ4n) is 3.41. The maximum absolute atomic E-state index is 11.9. The molecule has 29 heavy (non-hydrogen) atoms. The summed E-state index contributed by atoms with van der Waals surface area (Å²) in [7, 11) is 0. The van der Waals surface area contributed by atoms with Gasteiger partial charge in [0.2, 0.25) is 5.91 Å². The maximum Gasteiger partial charge on any atom is 0.222 e. The number of aromatic nitrogens is 2. The number of hydrogen-bond acceptors (Lipinski definition) is 4. The van der Waals surface area contributed by atoms with Crippen LogP contribution in [0.2, 0.25) is 10.0 Å². The lowest BCUT2D eigenvalue weighted by atomic mass is 10.1. The first-order valence-electron chi connectivity index (χ1n) is 9.48. The quantitative estimate of drug-likeness (QED) is 0.524. The van der Waals surface area contributed by atoms with Gasteiger partial charge in [0.15, 0.2) is 4.80 Å². The van der Waals surface area contributed by atoms with Crippen molar-refractivity contribution >= 4 is 46.1 Å². The lowest BCUT2D eigenvalue weighted by Crippen LogP contribution is -2.27. The zero-order valence-corrected chi connectivity index (χ0v) is 18.1. The maximum atomic E-state index is 11.9. The lowest BCUT2D eigenvalue weighted by molar-refractivity contribution is -0.127. The van der Waals surface area contributed by atoms with E-state index in [1.807, 2.05) is 35.2 Å². The van der Waals surface area contributed by atoms with E-state index in [4.69, 9.17) is 28.2 Å².